The molecule has 0 spiro atoms. The van der Waals surface area contributed by atoms with E-state index in [1.165, 1.54) is 103 Å². The minimum absolute atomic E-state index is 0.0242. The third-order valence-electron chi connectivity index (χ3n) is 10.4. The number of hydrogen-bond donors (Lipinski definition) is 3. The minimum atomic E-state index is -0.808. The van der Waals surface area contributed by atoms with Crippen LogP contribution in [-0.2, 0) is 14.3 Å². The van der Waals surface area contributed by atoms with Gasteiger partial charge in [-0.25, -0.2) is 0 Å². The van der Waals surface area contributed by atoms with Gasteiger partial charge in [0.1, 0.15) is 6.10 Å². The van der Waals surface area contributed by atoms with Crippen LogP contribution in [0.15, 0.2) is 72.9 Å². The molecule has 0 fully saturated rings. The van der Waals surface area contributed by atoms with E-state index < -0.39 is 18.2 Å². The molecule has 0 heterocycles. The number of hydrogen-bond acceptors (Lipinski definition) is 5. The minimum Gasteiger partial charge on any atom is -0.462 e. The van der Waals surface area contributed by atoms with Crippen molar-refractivity contribution in [3.05, 3.63) is 72.9 Å². The van der Waals surface area contributed by atoms with Gasteiger partial charge in [0, 0.05) is 6.42 Å². The summed E-state index contributed by atoms with van der Waals surface area (Å²) in [7, 11) is 0. The lowest BCUT2D eigenvalue weighted by Crippen LogP contribution is -2.46. The molecule has 0 aromatic heterocycles. The summed E-state index contributed by atoms with van der Waals surface area (Å²) in [6.45, 7) is 6.27. The lowest BCUT2D eigenvalue weighted by Gasteiger charge is -2.24. The van der Waals surface area contributed by atoms with Crippen molar-refractivity contribution in [2.75, 3.05) is 6.61 Å². The highest BCUT2D eigenvalue weighted by Crippen LogP contribution is 2.16. The average Bonchev–Trinajstić information content (AvgIpc) is 3.20. The summed E-state index contributed by atoms with van der Waals surface area (Å²) in [4.78, 5) is 26.0. The molecule has 3 N–H and O–H groups in total. The molecule has 3 unspecified atom stereocenters. The highest BCUT2D eigenvalue weighted by atomic mass is 16.5. The smallest absolute Gasteiger partial charge is 0.306 e. The van der Waals surface area contributed by atoms with E-state index in [2.05, 4.69) is 62.5 Å². The van der Waals surface area contributed by atoms with Crippen LogP contribution in [0.4, 0.5) is 0 Å². The number of nitrogens with one attached hydrogen (secondary N) is 1. The quantitative estimate of drug-likeness (QED) is 0.0325. The Kier molecular flexibility index (Phi) is 42.3. The summed E-state index contributed by atoms with van der Waals surface area (Å²) in [5, 5.41) is 23.6. The van der Waals surface area contributed by atoms with Gasteiger partial charge in [0.05, 0.1) is 25.2 Å². The molecule has 6 heteroatoms. The zero-order chi connectivity index (χ0) is 41.7. The van der Waals surface area contributed by atoms with Gasteiger partial charge in [0.15, 0.2) is 0 Å². The van der Waals surface area contributed by atoms with E-state index in [1.807, 2.05) is 36.5 Å². The largest absolute Gasteiger partial charge is 0.462 e. The SMILES string of the molecule is CC/C=C/C=C/C=C\C=C/CCCC(CC(=O)NC(CO)C(O)CCCCCCCCCCCCCC)OC(=O)CCCCCCCC/C=C/C=C/CCCCC. The molecule has 57 heavy (non-hydrogen) atoms. The molecule has 0 rings (SSSR count). The molecule has 0 aromatic carbocycles. The van der Waals surface area contributed by atoms with E-state index in [1.54, 1.807) is 0 Å². The van der Waals surface area contributed by atoms with E-state index in [4.69, 9.17) is 4.74 Å². The predicted molar refractivity (Wildman–Crippen MR) is 245 cm³/mol. The summed E-state index contributed by atoms with van der Waals surface area (Å²) in [6, 6.07) is -0.726. The summed E-state index contributed by atoms with van der Waals surface area (Å²) in [5.41, 5.74) is 0. The van der Waals surface area contributed by atoms with E-state index in [0.717, 1.165) is 64.2 Å². The standard InChI is InChI=1S/C51H89NO5/c1-4-7-10-13-16-19-22-24-25-26-29-32-35-38-41-44-51(56)57-47(42-39-36-33-30-27-21-18-15-12-9-6-3)45-50(55)52-48(46-53)49(54)43-40-37-34-31-28-23-20-17-14-11-8-5-2/h9,12,15-16,18-19,21-22,24,27,30,33,47-49,53-54H,4-8,10-11,13-14,17,20,23,25-26,28-29,31-32,34-46H2,1-3H3,(H,52,55)/b12-9+,18-15+,19-16+,24-22+,27-21-,33-30-. The van der Waals surface area contributed by atoms with Crippen molar-refractivity contribution in [1.82, 2.24) is 5.32 Å². The first-order valence-corrected chi connectivity index (χ1v) is 23.7. The molecule has 0 saturated carbocycles. The lowest BCUT2D eigenvalue weighted by molar-refractivity contribution is -0.151. The zero-order valence-electron chi connectivity index (χ0n) is 37.2. The molecule has 0 aliphatic carbocycles. The van der Waals surface area contributed by atoms with Crippen LogP contribution in [0, 0.1) is 0 Å². The fourth-order valence-corrected chi connectivity index (χ4v) is 6.79. The molecule has 0 aliphatic rings. The number of allylic oxidation sites excluding steroid dienone is 12. The topological polar surface area (TPSA) is 95.9 Å². The maximum atomic E-state index is 13.1. The van der Waals surface area contributed by atoms with Crippen LogP contribution in [0.3, 0.4) is 0 Å². The molecular formula is C51H89NO5. The predicted octanol–water partition coefficient (Wildman–Crippen LogP) is 13.8. The Bertz CT molecular complexity index is 1070. The van der Waals surface area contributed by atoms with Crippen LogP contribution in [0.25, 0.3) is 0 Å². The Hall–Kier alpha value is -2.70. The van der Waals surface area contributed by atoms with Crippen LogP contribution < -0.4 is 5.32 Å². The fraction of sp³-hybridized carbons (Fsp3) is 0.725. The first-order chi connectivity index (χ1) is 28.0. The molecule has 0 radical (unpaired) electrons. The molecule has 0 aromatic rings. The number of esters is 1. The average molecular weight is 796 g/mol. The number of unbranched alkanes of at least 4 members (excludes halogenated alkanes) is 21. The summed E-state index contributed by atoms with van der Waals surface area (Å²) in [6.07, 6.45) is 55.4. The molecular weight excluding hydrogens is 707 g/mol. The van der Waals surface area contributed by atoms with Crippen molar-refractivity contribution in [1.29, 1.82) is 0 Å². The second-order valence-electron chi connectivity index (χ2n) is 15.9. The number of aliphatic hydroxyl groups excluding tert-OH is 2. The summed E-state index contributed by atoms with van der Waals surface area (Å²) < 4.78 is 5.86. The van der Waals surface area contributed by atoms with Gasteiger partial charge in [0.25, 0.3) is 0 Å². The van der Waals surface area contributed by atoms with Crippen molar-refractivity contribution in [2.45, 2.75) is 232 Å². The van der Waals surface area contributed by atoms with Crippen LogP contribution in [0.5, 0.6) is 0 Å². The van der Waals surface area contributed by atoms with Gasteiger partial charge in [-0.15, -0.1) is 0 Å². The van der Waals surface area contributed by atoms with Gasteiger partial charge in [-0.05, 0) is 64.2 Å². The highest BCUT2D eigenvalue weighted by molar-refractivity contribution is 5.77. The van der Waals surface area contributed by atoms with Crippen LogP contribution in [0.1, 0.15) is 213 Å². The number of ether oxygens (including phenoxy) is 1. The van der Waals surface area contributed by atoms with Crippen molar-refractivity contribution < 1.29 is 24.5 Å². The number of rotatable bonds is 41. The molecule has 0 saturated heterocycles. The van der Waals surface area contributed by atoms with Crippen molar-refractivity contribution in [3.8, 4) is 0 Å². The van der Waals surface area contributed by atoms with Gasteiger partial charge < -0.3 is 20.3 Å². The fourth-order valence-electron chi connectivity index (χ4n) is 6.79. The molecule has 3 atom stereocenters. The second kappa shape index (κ2) is 44.4. The molecule has 328 valence electrons. The van der Waals surface area contributed by atoms with Crippen molar-refractivity contribution in [3.63, 3.8) is 0 Å². The zero-order valence-corrected chi connectivity index (χ0v) is 37.2. The van der Waals surface area contributed by atoms with Crippen LogP contribution in [0.2, 0.25) is 0 Å². The van der Waals surface area contributed by atoms with Gasteiger partial charge in [-0.3, -0.25) is 9.59 Å². The molecule has 1 amide bonds. The second-order valence-corrected chi connectivity index (χ2v) is 15.9. The normalized spacial score (nSPS) is 14.0. The van der Waals surface area contributed by atoms with Crippen LogP contribution in [-0.4, -0.2) is 46.9 Å². The monoisotopic (exact) mass is 796 g/mol. The Morgan fingerprint density at radius 3 is 1.53 bits per heavy atom. The van der Waals surface area contributed by atoms with E-state index in [0.29, 0.717) is 19.3 Å². The van der Waals surface area contributed by atoms with Gasteiger partial charge in [-0.1, -0.05) is 209 Å². The number of amides is 1. The first-order valence-electron chi connectivity index (χ1n) is 23.7. The van der Waals surface area contributed by atoms with E-state index in [-0.39, 0.29) is 24.9 Å². The Labute approximate surface area is 351 Å². The highest BCUT2D eigenvalue weighted by Gasteiger charge is 2.24. The third-order valence-corrected chi connectivity index (χ3v) is 10.4. The number of carbonyl (C=O) groups is 2. The Morgan fingerprint density at radius 2 is 0.965 bits per heavy atom. The molecule has 0 aliphatic heterocycles. The maximum Gasteiger partial charge on any atom is 0.306 e. The van der Waals surface area contributed by atoms with Crippen molar-refractivity contribution >= 4 is 11.9 Å². The molecule has 6 nitrogen and oxygen atoms in total. The number of carbonyl (C=O) groups excluding carboxylic acids is 2. The van der Waals surface area contributed by atoms with Gasteiger partial charge >= 0.3 is 5.97 Å². The van der Waals surface area contributed by atoms with Crippen LogP contribution >= 0.6 is 0 Å². The maximum absolute atomic E-state index is 13.1. The first kappa shape index (κ1) is 54.3. The van der Waals surface area contributed by atoms with E-state index in [9.17, 15) is 19.8 Å². The lowest BCUT2D eigenvalue weighted by atomic mass is 10.0. The van der Waals surface area contributed by atoms with Crippen molar-refractivity contribution in [2.24, 2.45) is 0 Å². The molecule has 0 bridgehead atoms. The third kappa shape index (κ3) is 39.9. The summed E-state index contributed by atoms with van der Waals surface area (Å²) >= 11 is 0. The number of aliphatic hydroxyl groups is 2. The van der Waals surface area contributed by atoms with Gasteiger partial charge in [0.2, 0.25) is 5.91 Å². The Morgan fingerprint density at radius 1 is 0.526 bits per heavy atom. The van der Waals surface area contributed by atoms with E-state index >= 15 is 0 Å². The summed E-state index contributed by atoms with van der Waals surface area (Å²) in [5.74, 6) is -0.561. The van der Waals surface area contributed by atoms with Gasteiger partial charge in [-0.2, -0.15) is 0 Å². The Balaban J connectivity index is 4.66.